The minimum atomic E-state index is -0.930. The molecule has 0 heterocycles. The highest BCUT2D eigenvalue weighted by Gasteiger charge is 2.03. The van der Waals surface area contributed by atoms with E-state index >= 15 is 0 Å². The molecule has 0 unspecified atom stereocenters. The van der Waals surface area contributed by atoms with Gasteiger partial charge in [0.05, 0.1) is 0 Å². The van der Waals surface area contributed by atoms with Crippen LogP contribution in [-0.4, -0.2) is 29.3 Å². The van der Waals surface area contributed by atoms with E-state index in [4.69, 9.17) is 11.8 Å². The molecule has 6 heteroatoms. The second kappa shape index (κ2) is 7.26. The van der Waals surface area contributed by atoms with Crippen molar-refractivity contribution in [1.29, 1.82) is 0 Å². The fourth-order valence-electron chi connectivity index (χ4n) is 0.384. The van der Waals surface area contributed by atoms with Crippen molar-refractivity contribution >= 4 is 11.2 Å². The van der Waals surface area contributed by atoms with Crippen LogP contribution < -0.4 is 11.8 Å². The monoisotopic (exact) mass is 168 g/mol. The van der Waals surface area contributed by atoms with Gasteiger partial charge in [0.15, 0.2) is 0 Å². The third-order valence-corrected chi connectivity index (χ3v) is 2.10. The molecule has 4 N–H and O–H groups in total. The van der Waals surface area contributed by atoms with Gasteiger partial charge in [0.25, 0.3) is 0 Å². The van der Waals surface area contributed by atoms with E-state index in [2.05, 4.69) is 9.68 Å². The predicted octanol–water partition coefficient (Wildman–Crippen LogP) is -1.48. The Morgan fingerprint density at radius 1 is 1.10 bits per heavy atom. The van der Waals surface area contributed by atoms with Gasteiger partial charge in [0, 0.05) is 0 Å². The molecular weight excluding hydrogens is 156 g/mol. The van der Waals surface area contributed by atoms with Gasteiger partial charge in [-0.2, -0.15) is 0 Å². The van der Waals surface area contributed by atoms with Crippen LogP contribution in [0, 0.1) is 0 Å². The summed E-state index contributed by atoms with van der Waals surface area (Å²) in [4.78, 5) is 8.45. The normalized spacial score (nSPS) is 10.8. The van der Waals surface area contributed by atoms with Crippen molar-refractivity contribution in [2.24, 2.45) is 11.8 Å². The summed E-state index contributed by atoms with van der Waals surface area (Å²) in [6, 6.07) is 0. The van der Waals surface area contributed by atoms with Gasteiger partial charge in [-0.15, -0.1) is 0 Å². The highest BCUT2D eigenvalue weighted by atomic mass is 32.2. The number of rotatable bonds is 6. The Hall–Kier alpha value is 0.150. The maximum atomic E-state index is 10.8. The zero-order valence-corrected chi connectivity index (χ0v) is 6.43. The lowest BCUT2D eigenvalue weighted by atomic mass is 10.9. The Morgan fingerprint density at radius 2 is 1.50 bits per heavy atom. The van der Waals surface area contributed by atoms with Crippen LogP contribution in [0.15, 0.2) is 0 Å². The summed E-state index contributed by atoms with van der Waals surface area (Å²) in [7, 11) is 0. The summed E-state index contributed by atoms with van der Waals surface area (Å²) < 4.78 is 10.8. The van der Waals surface area contributed by atoms with Crippen molar-refractivity contribution in [2.45, 2.75) is 0 Å². The fraction of sp³-hybridized carbons (Fsp3) is 1.00. The molecular formula is C4H12N2O3S. The number of nitrogens with two attached hydrogens (primary N) is 2. The molecule has 0 fully saturated rings. The largest absolute Gasteiger partial charge is 0.616 e. The highest BCUT2D eigenvalue weighted by Crippen LogP contribution is 1.88. The highest BCUT2D eigenvalue weighted by molar-refractivity contribution is 7.91. The summed E-state index contributed by atoms with van der Waals surface area (Å²) in [6.07, 6.45) is 0. The molecule has 0 aromatic rings. The van der Waals surface area contributed by atoms with E-state index in [-0.39, 0.29) is 0 Å². The quantitative estimate of drug-likeness (QED) is 0.372. The van der Waals surface area contributed by atoms with Crippen molar-refractivity contribution in [3.63, 3.8) is 0 Å². The van der Waals surface area contributed by atoms with Crippen LogP contribution >= 0.6 is 0 Å². The van der Waals surface area contributed by atoms with Gasteiger partial charge in [0.1, 0.15) is 24.7 Å². The zero-order valence-electron chi connectivity index (χ0n) is 5.62. The summed E-state index contributed by atoms with van der Waals surface area (Å²) in [5, 5.41) is 0. The van der Waals surface area contributed by atoms with Crippen LogP contribution in [-0.2, 0) is 20.9 Å². The van der Waals surface area contributed by atoms with Crippen molar-refractivity contribution in [3.05, 3.63) is 0 Å². The molecule has 0 aromatic heterocycles. The van der Waals surface area contributed by atoms with Crippen LogP contribution in [0.2, 0.25) is 0 Å². The zero-order chi connectivity index (χ0) is 7.82. The lowest BCUT2D eigenvalue weighted by Gasteiger charge is -2.08. The Kier molecular flexibility index (Phi) is 7.37. The second-order valence-corrected chi connectivity index (χ2v) is 3.29. The van der Waals surface area contributed by atoms with Gasteiger partial charge >= 0.3 is 0 Å². The topological polar surface area (TPSA) is 93.6 Å². The van der Waals surface area contributed by atoms with Crippen LogP contribution in [0.4, 0.5) is 0 Å². The maximum Gasteiger partial charge on any atom is 0.130 e. The molecule has 0 aliphatic heterocycles. The molecule has 0 bridgehead atoms. The first-order valence-corrected chi connectivity index (χ1v) is 4.28. The number of hydrogen-bond acceptors (Lipinski definition) is 5. The SMILES string of the molecule is NOCC[S+]([O-])CCON. The van der Waals surface area contributed by atoms with Crippen molar-refractivity contribution < 1.29 is 14.2 Å². The molecule has 0 radical (unpaired) electrons. The Labute approximate surface area is 62.7 Å². The molecule has 10 heavy (non-hydrogen) atoms. The Bertz CT molecular complexity index is 67.5. The first-order chi connectivity index (χ1) is 4.81. The molecule has 0 aromatic carbocycles. The summed E-state index contributed by atoms with van der Waals surface area (Å²) >= 11 is -0.930. The van der Waals surface area contributed by atoms with Crippen LogP contribution in [0.3, 0.4) is 0 Å². The predicted molar refractivity (Wildman–Crippen MR) is 38.2 cm³/mol. The summed E-state index contributed by atoms with van der Waals surface area (Å²) in [5.74, 6) is 10.3. The van der Waals surface area contributed by atoms with E-state index in [1.54, 1.807) is 0 Å². The molecule has 5 nitrogen and oxygen atoms in total. The van der Waals surface area contributed by atoms with Gasteiger partial charge in [-0.3, -0.25) is 9.68 Å². The molecule has 0 saturated heterocycles. The molecule has 0 aliphatic carbocycles. The van der Waals surface area contributed by atoms with Gasteiger partial charge in [0.2, 0.25) is 0 Å². The van der Waals surface area contributed by atoms with E-state index in [1.807, 2.05) is 0 Å². The number of hydrogen-bond donors (Lipinski definition) is 2. The van der Waals surface area contributed by atoms with Crippen LogP contribution in [0.1, 0.15) is 0 Å². The first kappa shape index (κ1) is 10.2. The van der Waals surface area contributed by atoms with Gasteiger partial charge in [-0.25, -0.2) is 11.8 Å². The van der Waals surface area contributed by atoms with E-state index in [1.165, 1.54) is 0 Å². The fourth-order valence-corrected chi connectivity index (χ4v) is 1.15. The molecule has 0 aliphatic rings. The third kappa shape index (κ3) is 6.27. The van der Waals surface area contributed by atoms with Gasteiger partial charge in [-0.05, 0) is 11.2 Å². The maximum absolute atomic E-state index is 10.8. The Balaban J connectivity index is 3.00. The molecule has 0 saturated carbocycles. The van der Waals surface area contributed by atoms with Crippen LogP contribution in [0.25, 0.3) is 0 Å². The lowest BCUT2D eigenvalue weighted by Crippen LogP contribution is -2.21. The third-order valence-electron chi connectivity index (χ3n) is 0.858. The van der Waals surface area contributed by atoms with E-state index in [0.717, 1.165) is 0 Å². The van der Waals surface area contributed by atoms with Crippen molar-refractivity contribution in [3.8, 4) is 0 Å². The average molecular weight is 168 g/mol. The minimum absolute atomic E-state index is 0.303. The first-order valence-electron chi connectivity index (χ1n) is 2.79. The van der Waals surface area contributed by atoms with Gasteiger partial charge in [-0.1, -0.05) is 0 Å². The minimum Gasteiger partial charge on any atom is -0.616 e. The van der Waals surface area contributed by atoms with Crippen LogP contribution in [0.5, 0.6) is 0 Å². The van der Waals surface area contributed by atoms with E-state index in [9.17, 15) is 4.55 Å². The van der Waals surface area contributed by atoms with E-state index < -0.39 is 11.2 Å². The average Bonchev–Trinajstić information content (AvgIpc) is 1.97. The molecule has 0 rings (SSSR count). The smallest absolute Gasteiger partial charge is 0.130 e. The van der Waals surface area contributed by atoms with E-state index in [0.29, 0.717) is 24.7 Å². The van der Waals surface area contributed by atoms with Crippen molar-refractivity contribution in [1.82, 2.24) is 0 Å². The van der Waals surface area contributed by atoms with Gasteiger partial charge < -0.3 is 4.55 Å². The molecule has 0 spiro atoms. The second-order valence-electron chi connectivity index (χ2n) is 1.59. The van der Waals surface area contributed by atoms with Crippen molar-refractivity contribution in [2.75, 3.05) is 24.7 Å². The molecule has 0 atom stereocenters. The standard InChI is InChI=1S/C4H12N2O3S/c5-8-1-3-10(7)4-2-9-6/h1-6H2. The molecule has 62 valence electrons. The lowest BCUT2D eigenvalue weighted by molar-refractivity contribution is 0.149. The Morgan fingerprint density at radius 3 is 1.80 bits per heavy atom. The summed E-state index contributed by atoms with van der Waals surface area (Å²) in [5.41, 5.74) is 0. The summed E-state index contributed by atoms with van der Waals surface area (Å²) in [6.45, 7) is 0.606. The molecule has 0 amide bonds.